The Morgan fingerprint density at radius 2 is 1.22 bits per heavy atom. The zero-order chi connectivity index (χ0) is 13.4. The number of hydrogen-bond donors (Lipinski definition) is 1. The minimum absolute atomic E-state index is 0.381. The molecule has 0 atom stereocenters. The maximum atomic E-state index is 13.5. The molecule has 0 amide bonds. The van der Waals surface area contributed by atoms with E-state index in [0.717, 1.165) is 0 Å². The predicted molar refractivity (Wildman–Crippen MR) is 56.1 cm³/mol. The lowest BCUT2D eigenvalue weighted by Gasteiger charge is -2.08. The summed E-state index contributed by atoms with van der Waals surface area (Å²) in [5.74, 6) is -5.91. The Hall–Kier alpha value is -2.11. The van der Waals surface area contributed by atoms with Gasteiger partial charge in [0, 0.05) is 23.8 Å². The van der Waals surface area contributed by atoms with Crippen molar-refractivity contribution in [2.75, 3.05) is 5.73 Å². The van der Waals surface area contributed by atoms with Crippen molar-refractivity contribution in [3.63, 3.8) is 0 Å². The van der Waals surface area contributed by atoms with Gasteiger partial charge < -0.3 is 5.73 Å². The largest absolute Gasteiger partial charge is 0.396 e. The van der Waals surface area contributed by atoms with Crippen LogP contribution in [0.3, 0.4) is 0 Å². The van der Waals surface area contributed by atoms with Gasteiger partial charge in [-0.1, -0.05) is 0 Å². The zero-order valence-electron chi connectivity index (χ0n) is 8.78. The third-order valence-corrected chi connectivity index (χ3v) is 2.36. The molecule has 0 aliphatic rings. The molecule has 2 rings (SSSR count). The number of halogens is 5. The van der Waals surface area contributed by atoms with Crippen LogP contribution in [0.2, 0.25) is 0 Å². The fraction of sp³-hybridized carbons (Fsp3) is 0. The summed E-state index contributed by atoms with van der Waals surface area (Å²) in [6, 6.07) is 1.93. The van der Waals surface area contributed by atoms with E-state index in [9.17, 15) is 22.0 Å². The molecule has 2 N–H and O–H groups in total. The Bertz CT molecular complexity index is 601. The van der Waals surface area contributed by atoms with Gasteiger partial charge in [0.05, 0.1) is 11.3 Å². The van der Waals surface area contributed by atoms with Crippen LogP contribution in [0.4, 0.5) is 27.6 Å². The van der Waals surface area contributed by atoms with Crippen LogP contribution >= 0.6 is 0 Å². The van der Waals surface area contributed by atoms with Gasteiger partial charge in [-0.25, -0.2) is 22.0 Å². The first-order valence-electron chi connectivity index (χ1n) is 4.79. The van der Waals surface area contributed by atoms with Crippen molar-refractivity contribution in [1.82, 2.24) is 0 Å². The summed E-state index contributed by atoms with van der Waals surface area (Å²) in [4.78, 5) is 0. The lowest BCUT2D eigenvalue weighted by atomic mass is 10.0. The molecule has 2 aromatic carbocycles. The topological polar surface area (TPSA) is 26.0 Å². The fourth-order valence-corrected chi connectivity index (χ4v) is 1.55. The van der Waals surface area contributed by atoms with Crippen molar-refractivity contribution in [3.05, 3.63) is 53.4 Å². The third kappa shape index (κ3) is 2.01. The van der Waals surface area contributed by atoms with Crippen LogP contribution in [-0.2, 0) is 0 Å². The van der Waals surface area contributed by atoms with Crippen molar-refractivity contribution in [1.29, 1.82) is 0 Å². The van der Waals surface area contributed by atoms with E-state index in [1.54, 1.807) is 0 Å². The van der Waals surface area contributed by atoms with Crippen LogP contribution in [0.25, 0.3) is 11.1 Å². The number of nitrogen functional groups attached to an aromatic ring is 1. The van der Waals surface area contributed by atoms with Gasteiger partial charge in [0.25, 0.3) is 0 Å². The predicted octanol–water partition coefficient (Wildman–Crippen LogP) is 3.63. The van der Waals surface area contributed by atoms with Crippen molar-refractivity contribution in [2.45, 2.75) is 0 Å². The van der Waals surface area contributed by atoms with Crippen LogP contribution in [0.15, 0.2) is 24.3 Å². The van der Waals surface area contributed by atoms with E-state index in [2.05, 4.69) is 0 Å². The maximum Gasteiger partial charge on any atom is 0.146 e. The van der Waals surface area contributed by atoms with Gasteiger partial charge in [-0.05, 0) is 6.07 Å². The number of benzene rings is 2. The van der Waals surface area contributed by atoms with Crippen LogP contribution < -0.4 is 5.73 Å². The molecule has 0 radical (unpaired) electrons. The van der Waals surface area contributed by atoms with Crippen molar-refractivity contribution >= 4 is 5.69 Å². The molecule has 0 aliphatic heterocycles. The summed E-state index contributed by atoms with van der Waals surface area (Å²) in [5.41, 5.74) is 3.12. The summed E-state index contributed by atoms with van der Waals surface area (Å²) >= 11 is 0. The summed E-state index contributed by atoms with van der Waals surface area (Å²) in [7, 11) is 0. The molecule has 0 bridgehead atoms. The SMILES string of the molecule is Nc1cc(F)c(-c2c(F)cc(F)cc2F)cc1F. The van der Waals surface area contributed by atoms with E-state index >= 15 is 0 Å². The van der Waals surface area contributed by atoms with Crippen LogP contribution in [0, 0.1) is 29.1 Å². The van der Waals surface area contributed by atoms with E-state index in [-0.39, 0.29) is 0 Å². The molecule has 0 saturated carbocycles. The fourth-order valence-electron chi connectivity index (χ4n) is 1.55. The minimum atomic E-state index is -1.32. The smallest absolute Gasteiger partial charge is 0.146 e. The van der Waals surface area contributed by atoms with Crippen LogP contribution in [0.5, 0.6) is 0 Å². The van der Waals surface area contributed by atoms with E-state index in [1.807, 2.05) is 0 Å². The van der Waals surface area contributed by atoms with Gasteiger partial charge in [0.2, 0.25) is 0 Å². The van der Waals surface area contributed by atoms with Crippen LogP contribution in [-0.4, -0.2) is 0 Å². The van der Waals surface area contributed by atoms with Gasteiger partial charge in [-0.2, -0.15) is 0 Å². The van der Waals surface area contributed by atoms with Gasteiger partial charge in [0.1, 0.15) is 29.1 Å². The molecule has 0 fully saturated rings. The quantitative estimate of drug-likeness (QED) is 0.614. The molecule has 94 valence electrons. The molecule has 0 aliphatic carbocycles. The second-order valence-corrected chi connectivity index (χ2v) is 3.60. The first kappa shape index (κ1) is 12.3. The highest BCUT2D eigenvalue weighted by Crippen LogP contribution is 2.31. The Morgan fingerprint density at radius 3 is 1.78 bits per heavy atom. The monoisotopic (exact) mass is 259 g/mol. The Morgan fingerprint density at radius 1 is 0.667 bits per heavy atom. The third-order valence-electron chi connectivity index (χ3n) is 2.36. The molecule has 0 saturated heterocycles. The highest BCUT2D eigenvalue weighted by atomic mass is 19.2. The highest BCUT2D eigenvalue weighted by molar-refractivity contribution is 5.68. The first-order chi connectivity index (χ1) is 8.40. The molecular formula is C12H6F5N. The number of nitrogens with two attached hydrogens (primary N) is 1. The minimum Gasteiger partial charge on any atom is -0.396 e. The average molecular weight is 259 g/mol. The lowest BCUT2D eigenvalue weighted by molar-refractivity contribution is 0.544. The Balaban J connectivity index is 2.73. The van der Waals surface area contributed by atoms with Crippen molar-refractivity contribution in [2.24, 2.45) is 0 Å². The molecular weight excluding hydrogens is 253 g/mol. The number of hydrogen-bond acceptors (Lipinski definition) is 1. The zero-order valence-corrected chi connectivity index (χ0v) is 8.78. The Kier molecular flexibility index (Phi) is 2.94. The molecule has 0 spiro atoms. The summed E-state index contributed by atoms with van der Waals surface area (Å²) in [5, 5.41) is 0. The van der Waals surface area contributed by atoms with E-state index < -0.39 is 45.9 Å². The maximum absolute atomic E-state index is 13.5. The molecule has 1 nitrogen and oxygen atoms in total. The summed E-state index contributed by atoms with van der Waals surface area (Å²) in [6.45, 7) is 0. The van der Waals surface area contributed by atoms with E-state index in [1.165, 1.54) is 0 Å². The van der Waals surface area contributed by atoms with Gasteiger partial charge in [-0.15, -0.1) is 0 Å². The second-order valence-electron chi connectivity index (χ2n) is 3.60. The lowest BCUT2D eigenvalue weighted by Crippen LogP contribution is -1.98. The van der Waals surface area contributed by atoms with Crippen molar-refractivity contribution in [3.8, 4) is 11.1 Å². The molecule has 0 heterocycles. The van der Waals surface area contributed by atoms with E-state index in [4.69, 9.17) is 5.73 Å². The molecule has 2 aromatic rings. The summed E-state index contributed by atoms with van der Waals surface area (Å²) < 4.78 is 66.2. The van der Waals surface area contributed by atoms with E-state index in [0.29, 0.717) is 24.3 Å². The van der Waals surface area contributed by atoms with Gasteiger partial charge in [0.15, 0.2) is 0 Å². The highest BCUT2D eigenvalue weighted by Gasteiger charge is 2.18. The second kappa shape index (κ2) is 4.29. The van der Waals surface area contributed by atoms with Gasteiger partial charge in [-0.3, -0.25) is 0 Å². The molecule has 18 heavy (non-hydrogen) atoms. The van der Waals surface area contributed by atoms with Crippen molar-refractivity contribution < 1.29 is 22.0 Å². The Labute approximate surface area is 98.7 Å². The number of anilines is 1. The molecule has 0 unspecified atom stereocenters. The number of rotatable bonds is 1. The average Bonchev–Trinajstić information content (AvgIpc) is 2.24. The molecule has 6 heteroatoms. The van der Waals surface area contributed by atoms with Crippen LogP contribution in [0.1, 0.15) is 0 Å². The molecule has 0 aromatic heterocycles. The summed E-state index contributed by atoms with van der Waals surface area (Å²) in [6.07, 6.45) is 0. The first-order valence-corrected chi connectivity index (χ1v) is 4.79. The van der Waals surface area contributed by atoms with Gasteiger partial charge >= 0.3 is 0 Å². The standard InChI is InChI=1S/C12H6F5N/c13-5-1-9(16)12(10(17)2-5)6-3-8(15)11(18)4-7(6)14/h1-4H,18H2. The normalized spacial score (nSPS) is 10.7.